The number of hydrogen-bond acceptors (Lipinski definition) is 7. The number of likely N-dealkylation sites (tertiary alicyclic amines) is 1. The van der Waals surface area contributed by atoms with E-state index in [0.29, 0.717) is 34.9 Å². The molecule has 2 atom stereocenters. The molecule has 0 radical (unpaired) electrons. The number of nitrogens with one attached hydrogen (secondary N) is 3. The van der Waals surface area contributed by atoms with Gasteiger partial charge < -0.3 is 25.8 Å². The fraction of sp³-hybridized carbons (Fsp3) is 0.379. The summed E-state index contributed by atoms with van der Waals surface area (Å²) in [4.78, 5) is 13.8. The van der Waals surface area contributed by atoms with Crippen molar-refractivity contribution in [3.63, 3.8) is 0 Å². The number of fused-ring (bicyclic) bond motifs is 2. The molecule has 0 amide bonds. The van der Waals surface area contributed by atoms with Gasteiger partial charge in [-0.25, -0.2) is 13.8 Å². The summed E-state index contributed by atoms with van der Waals surface area (Å²) in [7, 11) is 2.16. The molecule has 0 bridgehead atoms. The van der Waals surface area contributed by atoms with E-state index >= 15 is 0 Å². The van der Waals surface area contributed by atoms with Crippen molar-refractivity contribution in [1.82, 2.24) is 20.2 Å². The highest BCUT2D eigenvalue weighted by atomic mass is 19.3. The quantitative estimate of drug-likeness (QED) is 0.400. The molecule has 2 fully saturated rings. The SMILES string of the molecule is C=C1NCc2cccc(Nc3nc(Nc4ccc(N5CC6CN(C)CC6C5)cc4CC(F)F)ncc3C)c21. The van der Waals surface area contributed by atoms with Gasteiger partial charge in [0.05, 0.1) is 0 Å². The lowest BCUT2D eigenvalue weighted by Gasteiger charge is -2.23. The first kappa shape index (κ1) is 24.6. The van der Waals surface area contributed by atoms with Crippen LogP contribution in [0, 0.1) is 18.8 Å². The van der Waals surface area contributed by atoms with Crippen LogP contribution in [0.2, 0.25) is 0 Å². The van der Waals surface area contributed by atoms with Gasteiger partial charge in [-0.1, -0.05) is 18.7 Å². The van der Waals surface area contributed by atoms with Gasteiger partial charge >= 0.3 is 0 Å². The topological polar surface area (TPSA) is 68.4 Å². The molecular formula is C29H33F2N7. The van der Waals surface area contributed by atoms with Crippen LogP contribution in [0.4, 0.5) is 37.6 Å². The van der Waals surface area contributed by atoms with E-state index in [9.17, 15) is 8.78 Å². The van der Waals surface area contributed by atoms with Crippen molar-refractivity contribution in [2.45, 2.75) is 26.3 Å². The van der Waals surface area contributed by atoms with Crippen LogP contribution in [-0.4, -0.2) is 54.5 Å². The largest absolute Gasteiger partial charge is 0.381 e. The van der Waals surface area contributed by atoms with E-state index in [0.717, 1.165) is 60.9 Å². The Kier molecular flexibility index (Phi) is 6.39. The Morgan fingerprint density at radius 3 is 2.63 bits per heavy atom. The molecule has 3 aliphatic heterocycles. The summed E-state index contributed by atoms with van der Waals surface area (Å²) in [6.45, 7) is 10.9. The molecule has 3 aromatic rings. The van der Waals surface area contributed by atoms with Crippen LogP contribution in [0.3, 0.4) is 0 Å². The first-order chi connectivity index (χ1) is 18.3. The first-order valence-corrected chi connectivity index (χ1v) is 13.1. The molecule has 0 aliphatic carbocycles. The van der Waals surface area contributed by atoms with Crippen molar-refractivity contribution in [1.29, 1.82) is 0 Å². The lowest BCUT2D eigenvalue weighted by molar-refractivity contribution is 0.149. The van der Waals surface area contributed by atoms with Gasteiger partial charge in [0, 0.05) is 79.2 Å². The van der Waals surface area contributed by atoms with Gasteiger partial charge in [0.1, 0.15) is 5.82 Å². The Morgan fingerprint density at radius 1 is 1.08 bits per heavy atom. The Hall–Kier alpha value is -3.72. The Morgan fingerprint density at radius 2 is 1.87 bits per heavy atom. The third-order valence-corrected chi connectivity index (χ3v) is 7.91. The van der Waals surface area contributed by atoms with Crippen LogP contribution < -0.4 is 20.9 Å². The van der Waals surface area contributed by atoms with E-state index in [1.165, 1.54) is 5.56 Å². The fourth-order valence-corrected chi connectivity index (χ4v) is 6.05. The lowest BCUT2D eigenvalue weighted by atomic mass is 10.0. The number of nitrogens with zero attached hydrogens (tertiary/aromatic N) is 4. The molecule has 3 N–H and O–H groups in total. The highest BCUT2D eigenvalue weighted by Crippen LogP contribution is 2.36. The minimum absolute atomic E-state index is 0.332. The number of hydrogen-bond donors (Lipinski definition) is 3. The van der Waals surface area contributed by atoms with Crippen molar-refractivity contribution < 1.29 is 8.78 Å². The van der Waals surface area contributed by atoms with Crippen molar-refractivity contribution in [3.8, 4) is 0 Å². The molecule has 3 aliphatic rings. The second-order valence-corrected chi connectivity index (χ2v) is 10.7. The van der Waals surface area contributed by atoms with Gasteiger partial charge in [0.25, 0.3) is 0 Å². The molecule has 6 rings (SSSR count). The van der Waals surface area contributed by atoms with E-state index < -0.39 is 6.43 Å². The summed E-state index contributed by atoms with van der Waals surface area (Å²) >= 11 is 0. The Balaban J connectivity index is 1.24. The maximum Gasteiger partial charge on any atom is 0.242 e. The van der Waals surface area contributed by atoms with Gasteiger partial charge in [0.2, 0.25) is 12.4 Å². The van der Waals surface area contributed by atoms with Crippen LogP contribution in [-0.2, 0) is 13.0 Å². The van der Waals surface area contributed by atoms with Crippen molar-refractivity contribution in [3.05, 3.63) is 71.4 Å². The van der Waals surface area contributed by atoms with Gasteiger partial charge in [-0.2, -0.15) is 4.98 Å². The number of aryl methyl sites for hydroxylation is 1. The molecular weight excluding hydrogens is 484 g/mol. The zero-order chi connectivity index (χ0) is 26.4. The zero-order valence-electron chi connectivity index (χ0n) is 21.8. The minimum Gasteiger partial charge on any atom is -0.381 e. The number of halogens is 2. The average Bonchev–Trinajstić information content (AvgIpc) is 3.55. The van der Waals surface area contributed by atoms with Gasteiger partial charge in [-0.3, -0.25) is 0 Å². The van der Waals surface area contributed by atoms with E-state index in [4.69, 9.17) is 4.98 Å². The first-order valence-electron chi connectivity index (χ1n) is 13.1. The van der Waals surface area contributed by atoms with E-state index in [-0.39, 0.29) is 6.42 Å². The normalized spacial score (nSPS) is 20.6. The van der Waals surface area contributed by atoms with Crippen LogP contribution in [0.25, 0.3) is 5.70 Å². The molecule has 198 valence electrons. The molecule has 0 saturated carbocycles. The summed E-state index contributed by atoms with van der Waals surface area (Å²) in [5.74, 6) is 2.28. The maximum absolute atomic E-state index is 13.6. The van der Waals surface area contributed by atoms with E-state index in [2.05, 4.69) is 50.4 Å². The Labute approximate surface area is 222 Å². The molecule has 7 nitrogen and oxygen atoms in total. The number of anilines is 5. The lowest BCUT2D eigenvalue weighted by Crippen LogP contribution is -2.26. The van der Waals surface area contributed by atoms with Gasteiger partial charge in [-0.05, 0) is 61.2 Å². The third-order valence-electron chi connectivity index (χ3n) is 7.91. The average molecular weight is 518 g/mol. The number of rotatable bonds is 7. The molecule has 2 unspecified atom stereocenters. The van der Waals surface area contributed by atoms with Crippen LogP contribution >= 0.6 is 0 Å². The third kappa shape index (κ3) is 4.78. The highest BCUT2D eigenvalue weighted by molar-refractivity contribution is 5.82. The second kappa shape index (κ2) is 9.87. The molecule has 9 heteroatoms. The smallest absolute Gasteiger partial charge is 0.242 e. The minimum atomic E-state index is -2.45. The van der Waals surface area contributed by atoms with E-state index in [1.807, 2.05) is 37.3 Å². The number of alkyl halides is 2. The monoisotopic (exact) mass is 517 g/mol. The molecule has 0 spiro atoms. The summed E-state index contributed by atoms with van der Waals surface area (Å²) in [5.41, 5.74) is 7.05. The fourth-order valence-electron chi connectivity index (χ4n) is 6.05. The highest BCUT2D eigenvalue weighted by Gasteiger charge is 2.38. The van der Waals surface area contributed by atoms with Crippen LogP contribution in [0.1, 0.15) is 22.3 Å². The van der Waals surface area contributed by atoms with Crippen LogP contribution in [0.5, 0.6) is 0 Å². The van der Waals surface area contributed by atoms with Crippen molar-refractivity contribution in [2.75, 3.05) is 48.8 Å². The van der Waals surface area contributed by atoms with Crippen LogP contribution in [0.15, 0.2) is 49.2 Å². The number of aromatic nitrogens is 2. The van der Waals surface area contributed by atoms with Crippen molar-refractivity contribution in [2.24, 2.45) is 11.8 Å². The maximum atomic E-state index is 13.6. The summed E-state index contributed by atoms with van der Waals surface area (Å²) in [6.07, 6.45) is -1.05. The van der Waals surface area contributed by atoms with Gasteiger partial charge in [-0.15, -0.1) is 0 Å². The van der Waals surface area contributed by atoms with Crippen molar-refractivity contribution >= 4 is 34.5 Å². The zero-order valence-corrected chi connectivity index (χ0v) is 21.8. The molecule has 2 aromatic carbocycles. The summed E-state index contributed by atoms with van der Waals surface area (Å²) in [5, 5.41) is 9.91. The summed E-state index contributed by atoms with van der Waals surface area (Å²) in [6, 6.07) is 11.9. The number of benzene rings is 2. The van der Waals surface area contributed by atoms with E-state index in [1.54, 1.807) is 6.20 Å². The second-order valence-electron chi connectivity index (χ2n) is 10.7. The standard InChI is InChI=1S/C29H33F2N7/c1-17-11-33-29(36-28(17)34-25-6-4-5-19-12-32-18(2)27(19)25)35-24-8-7-23(9-20(24)10-26(30)31)38-15-21-13-37(3)14-22(21)16-38/h4-9,11,21-22,26,32H,2,10,12-16H2,1,3H3,(H2,33,34,35,36). The predicted octanol–water partition coefficient (Wildman–Crippen LogP) is 5.15. The molecule has 1 aromatic heterocycles. The Bertz CT molecular complexity index is 1360. The summed E-state index contributed by atoms with van der Waals surface area (Å²) < 4.78 is 27.2. The van der Waals surface area contributed by atoms with Gasteiger partial charge in [0.15, 0.2) is 0 Å². The predicted molar refractivity (Wildman–Crippen MR) is 148 cm³/mol. The molecule has 2 saturated heterocycles. The molecule has 4 heterocycles. The molecule has 38 heavy (non-hydrogen) atoms.